The summed E-state index contributed by atoms with van der Waals surface area (Å²) >= 11 is 0. The van der Waals surface area contributed by atoms with E-state index in [2.05, 4.69) is 9.98 Å². The largest absolute Gasteiger partial charge is 0.239 e. The van der Waals surface area contributed by atoms with E-state index in [-0.39, 0.29) is 0 Å². The highest BCUT2D eigenvalue weighted by molar-refractivity contribution is 5.45. The van der Waals surface area contributed by atoms with Crippen LogP contribution in [0.1, 0.15) is 0 Å². The van der Waals surface area contributed by atoms with Gasteiger partial charge in [-0.25, -0.2) is 9.59 Å². The minimum absolute atomic E-state index is 0.690. The average molecular weight is 186 g/mol. The van der Waals surface area contributed by atoms with Crippen LogP contribution in [0.4, 0.5) is 0 Å². The highest BCUT2D eigenvalue weighted by atomic mass is 16.1. The van der Waals surface area contributed by atoms with Gasteiger partial charge in [0, 0.05) is 22.8 Å². The molecule has 68 valence electrons. The lowest BCUT2D eigenvalue weighted by atomic mass is 10.2. The van der Waals surface area contributed by atoms with Crippen LogP contribution in [0.2, 0.25) is 0 Å². The van der Waals surface area contributed by atoms with E-state index in [0.29, 0.717) is 10.4 Å². The van der Waals surface area contributed by atoms with Crippen LogP contribution < -0.4 is 10.4 Å². The van der Waals surface area contributed by atoms with Crippen molar-refractivity contribution in [3.63, 3.8) is 0 Å². The molecule has 0 saturated carbocycles. The second-order valence-corrected chi connectivity index (χ2v) is 2.33. The van der Waals surface area contributed by atoms with Gasteiger partial charge >= 0.3 is 0 Å². The average Bonchev–Trinajstić information content (AvgIpc) is 2.24. The lowest BCUT2D eigenvalue weighted by Gasteiger charge is -1.84. The molecular weight excluding hydrogens is 180 g/mol. The minimum Gasteiger partial charge on any atom is -0.211 e. The van der Waals surface area contributed by atoms with Crippen molar-refractivity contribution in [1.29, 1.82) is 0 Å². The van der Waals surface area contributed by atoms with Gasteiger partial charge in [0.2, 0.25) is 12.2 Å². The van der Waals surface area contributed by atoms with Gasteiger partial charge in [-0.15, -0.1) is 0 Å². The Kier molecular flexibility index (Phi) is 3.77. The van der Waals surface area contributed by atoms with Gasteiger partial charge in [0.1, 0.15) is 0 Å². The predicted molar refractivity (Wildman–Crippen MR) is 50.9 cm³/mol. The minimum atomic E-state index is 0.690. The van der Waals surface area contributed by atoms with Crippen molar-refractivity contribution >= 4 is 24.6 Å². The third-order valence-corrected chi connectivity index (χ3v) is 1.51. The Hall–Kier alpha value is -2.28. The van der Waals surface area contributed by atoms with Crippen molar-refractivity contribution in [2.45, 2.75) is 0 Å². The molecular formula is C10H6N2O2. The quantitative estimate of drug-likeness (QED) is 0.475. The second-order valence-electron chi connectivity index (χ2n) is 2.33. The Morgan fingerprint density at radius 1 is 0.929 bits per heavy atom. The molecule has 0 aromatic heterocycles. The number of carbonyl (C=O) groups excluding carboxylic acids is 2. The molecule has 0 aliphatic rings. The zero-order valence-electron chi connectivity index (χ0n) is 7.18. The first kappa shape index (κ1) is 9.81. The summed E-state index contributed by atoms with van der Waals surface area (Å²) in [5, 5.41) is 1.38. The number of aliphatic imine (C=N–C) groups is 2. The van der Waals surface area contributed by atoms with E-state index in [9.17, 15) is 9.59 Å². The number of hydrogen-bond acceptors (Lipinski definition) is 4. The van der Waals surface area contributed by atoms with Gasteiger partial charge in [-0.2, -0.15) is 9.98 Å². The van der Waals surface area contributed by atoms with Gasteiger partial charge in [0.25, 0.3) is 0 Å². The zero-order valence-corrected chi connectivity index (χ0v) is 7.18. The molecule has 14 heavy (non-hydrogen) atoms. The Morgan fingerprint density at radius 2 is 1.36 bits per heavy atom. The summed E-state index contributed by atoms with van der Waals surface area (Å²) in [5.74, 6) is 0. The smallest absolute Gasteiger partial charge is 0.211 e. The first-order valence-corrected chi connectivity index (χ1v) is 3.78. The van der Waals surface area contributed by atoms with Gasteiger partial charge in [0.15, 0.2) is 0 Å². The lowest BCUT2D eigenvalue weighted by Crippen LogP contribution is -2.22. The Morgan fingerprint density at radius 3 is 1.71 bits per heavy atom. The maximum Gasteiger partial charge on any atom is 0.239 e. The van der Waals surface area contributed by atoms with Gasteiger partial charge in [-0.1, -0.05) is 24.3 Å². The van der Waals surface area contributed by atoms with Crippen molar-refractivity contribution in [2.24, 2.45) is 9.98 Å². The number of hydrogen-bond donors (Lipinski definition) is 0. The number of isocyanates is 2. The summed E-state index contributed by atoms with van der Waals surface area (Å²) in [6.45, 7) is 0. The van der Waals surface area contributed by atoms with Gasteiger partial charge < -0.3 is 0 Å². The van der Waals surface area contributed by atoms with Crippen molar-refractivity contribution in [2.75, 3.05) is 0 Å². The van der Waals surface area contributed by atoms with Crippen LogP contribution in [0, 0.1) is 0 Å². The van der Waals surface area contributed by atoms with Gasteiger partial charge in [-0.3, -0.25) is 0 Å². The summed E-state index contributed by atoms with van der Waals surface area (Å²) in [7, 11) is 0. The normalized spacial score (nSPS) is 11.7. The molecule has 4 nitrogen and oxygen atoms in total. The van der Waals surface area contributed by atoms with Crippen LogP contribution in [0.25, 0.3) is 12.4 Å². The van der Waals surface area contributed by atoms with Crippen molar-refractivity contribution in [1.82, 2.24) is 0 Å². The monoisotopic (exact) mass is 186 g/mol. The molecule has 1 aromatic carbocycles. The van der Waals surface area contributed by atoms with E-state index in [1.54, 1.807) is 24.3 Å². The van der Waals surface area contributed by atoms with Crippen LogP contribution >= 0.6 is 0 Å². The van der Waals surface area contributed by atoms with E-state index in [1.165, 1.54) is 24.6 Å². The van der Waals surface area contributed by atoms with E-state index >= 15 is 0 Å². The first-order valence-electron chi connectivity index (χ1n) is 3.78. The molecule has 0 fully saturated rings. The molecule has 4 heteroatoms. The van der Waals surface area contributed by atoms with Crippen LogP contribution in [0.5, 0.6) is 0 Å². The topological polar surface area (TPSA) is 58.9 Å². The van der Waals surface area contributed by atoms with E-state index in [4.69, 9.17) is 0 Å². The maximum absolute atomic E-state index is 9.88. The summed E-state index contributed by atoms with van der Waals surface area (Å²) in [4.78, 5) is 26.4. The summed E-state index contributed by atoms with van der Waals surface area (Å²) in [6.07, 6.45) is 5.49. The summed E-state index contributed by atoms with van der Waals surface area (Å²) in [6, 6.07) is 7.06. The molecule has 0 aliphatic carbocycles. The summed E-state index contributed by atoms with van der Waals surface area (Å²) < 4.78 is 0. The molecule has 0 unspecified atom stereocenters. The predicted octanol–water partition coefficient (Wildman–Crippen LogP) is -0.166. The molecule has 0 radical (unpaired) electrons. The number of benzene rings is 1. The summed E-state index contributed by atoms with van der Waals surface area (Å²) in [5.41, 5.74) is 0. The van der Waals surface area contributed by atoms with Gasteiger partial charge in [-0.05, 0) is 0 Å². The maximum atomic E-state index is 9.88. The second kappa shape index (κ2) is 5.38. The fourth-order valence-corrected chi connectivity index (χ4v) is 0.938. The third-order valence-electron chi connectivity index (χ3n) is 1.51. The van der Waals surface area contributed by atoms with Crippen LogP contribution in [-0.2, 0) is 9.59 Å². The fraction of sp³-hybridized carbons (Fsp3) is 0. The molecule has 0 bridgehead atoms. The zero-order chi connectivity index (χ0) is 10.2. The standard InChI is InChI=1S/C10H6N2O2/c13-7-11-5-9-3-1-2-4-10(9)6-12-8-14/h1-6H. The molecule has 0 N–H and O–H groups in total. The van der Waals surface area contributed by atoms with Crippen molar-refractivity contribution in [3.05, 3.63) is 34.7 Å². The van der Waals surface area contributed by atoms with E-state index in [1.807, 2.05) is 0 Å². The van der Waals surface area contributed by atoms with Crippen molar-refractivity contribution < 1.29 is 9.59 Å². The number of rotatable bonds is 2. The molecule has 0 heterocycles. The Balaban J connectivity index is 3.44. The van der Waals surface area contributed by atoms with Crippen LogP contribution in [0.15, 0.2) is 34.3 Å². The Bertz CT molecular complexity index is 472. The lowest BCUT2D eigenvalue weighted by molar-refractivity contribution is 0.565. The van der Waals surface area contributed by atoms with Crippen LogP contribution in [-0.4, -0.2) is 12.2 Å². The number of nitrogens with zero attached hydrogens (tertiary/aromatic N) is 2. The molecule has 1 rings (SSSR count). The fourth-order valence-electron chi connectivity index (χ4n) is 0.938. The van der Waals surface area contributed by atoms with E-state index < -0.39 is 0 Å². The first-order chi connectivity index (χ1) is 6.88. The molecule has 0 saturated heterocycles. The Labute approximate surface area is 79.6 Å². The third kappa shape index (κ3) is 2.64. The van der Waals surface area contributed by atoms with E-state index in [0.717, 1.165) is 0 Å². The highest BCUT2D eigenvalue weighted by Crippen LogP contribution is 1.73. The molecule has 0 spiro atoms. The van der Waals surface area contributed by atoms with Crippen LogP contribution in [0.3, 0.4) is 0 Å². The molecule has 1 aromatic rings. The SMILES string of the molecule is O=C=NC=c1ccccc1=CN=C=O. The molecule has 0 aliphatic heterocycles. The molecule has 0 atom stereocenters. The van der Waals surface area contributed by atoms with Gasteiger partial charge in [0.05, 0.1) is 0 Å². The molecule has 0 amide bonds. The van der Waals surface area contributed by atoms with Crippen molar-refractivity contribution in [3.8, 4) is 0 Å². The highest BCUT2D eigenvalue weighted by Gasteiger charge is 1.81.